The molecule has 9 heteroatoms. The van der Waals surface area contributed by atoms with Gasteiger partial charge in [0.1, 0.15) is 0 Å². The van der Waals surface area contributed by atoms with E-state index >= 15 is 0 Å². The number of carboxylic acids is 1. The van der Waals surface area contributed by atoms with Crippen molar-refractivity contribution in [2.45, 2.75) is 39.0 Å². The molecule has 1 unspecified atom stereocenters. The van der Waals surface area contributed by atoms with Gasteiger partial charge in [-0.2, -0.15) is 13.2 Å². The minimum atomic E-state index is -5.08. The van der Waals surface area contributed by atoms with Crippen molar-refractivity contribution in [1.29, 1.82) is 0 Å². The van der Waals surface area contributed by atoms with Gasteiger partial charge in [-0.15, -0.1) is 0 Å². The number of carbonyl (C=O) groups excluding carboxylic acids is 1. The number of alkyl halides is 3. The van der Waals surface area contributed by atoms with Gasteiger partial charge in [0, 0.05) is 38.6 Å². The summed E-state index contributed by atoms with van der Waals surface area (Å²) in [4.78, 5) is 30.7. The van der Waals surface area contributed by atoms with Crippen molar-refractivity contribution in [2.75, 3.05) is 19.6 Å². The van der Waals surface area contributed by atoms with Gasteiger partial charge in [0.2, 0.25) is 5.91 Å². The van der Waals surface area contributed by atoms with E-state index in [1.165, 1.54) is 16.7 Å². The Kier molecular flexibility index (Phi) is 7.18. The number of carboxylic acid groups (broad SMARTS) is 1. The molecule has 2 aromatic rings. The summed E-state index contributed by atoms with van der Waals surface area (Å²) in [5.41, 5.74) is 3.55. The molecule has 0 aliphatic carbocycles. The van der Waals surface area contributed by atoms with Crippen molar-refractivity contribution in [1.82, 2.24) is 14.8 Å². The number of hydrogen-bond donors (Lipinski definition) is 1. The number of aryl methyl sites for hydroxylation is 1. The first-order chi connectivity index (χ1) is 15.1. The van der Waals surface area contributed by atoms with Gasteiger partial charge in [-0.3, -0.25) is 14.7 Å². The number of carbonyl (C=O) groups is 2. The lowest BCUT2D eigenvalue weighted by atomic mass is 9.85. The topological polar surface area (TPSA) is 73.7 Å². The van der Waals surface area contributed by atoms with E-state index in [0.29, 0.717) is 5.91 Å². The van der Waals surface area contributed by atoms with Crippen LogP contribution in [0.15, 0.2) is 48.8 Å². The Morgan fingerprint density at radius 3 is 2.44 bits per heavy atom. The monoisotopic (exact) mass is 449 g/mol. The summed E-state index contributed by atoms with van der Waals surface area (Å²) in [6.45, 7) is 6.49. The van der Waals surface area contributed by atoms with Gasteiger partial charge >= 0.3 is 12.1 Å². The number of hydrogen-bond acceptors (Lipinski definition) is 4. The summed E-state index contributed by atoms with van der Waals surface area (Å²) in [5.74, 6) is -2.41. The van der Waals surface area contributed by atoms with Crippen LogP contribution >= 0.6 is 0 Å². The Bertz CT molecular complexity index is 952. The average molecular weight is 449 g/mol. The number of aromatic nitrogens is 1. The predicted molar refractivity (Wildman–Crippen MR) is 111 cm³/mol. The minimum absolute atomic E-state index is 0.161. The van der Waals surface area contributed by atoms with Crippen molar-refractivity contribution in [3.8, 4) is 0 Å². The molecule has 1 aromatic carbocycles. The third-order valence-corrected chi connectivity index (χ3v) is 5.86. The third-order valence-electron chi connectivity index (χ3n) is 5.86. The van der Waals surface area contributed by atoms with Gasteiger partial charge in [0.25, 0.3) is 0 Å². The number of aliphatic carboxylic acids is 1. The summed E-state index contributed by atoms with van der Waals surface area (Å²) in [7, 11) is 0. The third kappa shape index (κ3) is 5.85. The molecule has 2 aliphatic heterocycles. The second-order valence-corrected chi connectivity index (χ2v) is 8.37. The van der Waals surface area contributed by atoms with E-state index in [2.05, 4.69) is 52.0 Å². The fraction of sp³-hybridized carbons (Fsp3) is 0.435. The largest absolute Gasteiger partial charge is 0.490 e. The van der Waals surface area contributed by atoms with Crippen molar-refractivity contribution in [3.05, 3.63) is 65.5 Å². The van der Waals surface area contributed by atoms with Crippen LogP contribution in [0.4, 0.5) is 13.2 Å². The fourth-order valence-corrected chi connectivity index (χ4v) is 4.30. The Morgan fingerprint density at radius 1 is 1.12 bits per heavy atom. The Labute approximate surface area is 184 Å². The van der Waals surface area contributed by atoms with E-state index in [1.807, 2.05) is 12.3 Å². The molecule has 1 aromatic heterocycles. The fourth-order valence-electron chi connectivity index (χ4n) is 4.30. The summed E-state index contributed by atoms with van der Waals surface area (Å²) < 4.78 is 31.7. The van der Waals surface area contributed by atoms with Crippen molar-refractivity contribution in [2.24, 2.45) is 5.41 Å². The van der Waals surface area contributed by atoms with Crippen LogP contribution in [0.5, 0.6) is 0 Å². The lowest BCUT2D eigenvalue weighted by molar-refractivity contribution is -0.192. The molecule has 3 heterocycles. The van der Waals surface area contributed by atoms with E-state index in [0.717, 1.165) is 45.6 Å². The zero-order valence-electron chi connectivity index (χ0n) is 17.8. The van der Waals surface area contributed by atoms with Crippen LogP contribution in [0.25, 0.3) is 0 Å². The molecule has 4 rings (SSSR count). The molecule has 2 fully saturated rings. The zero-order chi connectivity index (χ0) is 23.4. The van der Waals surface area contributed by atoms with E-state index in [4.69, 9.17) is 9.90 Å². The second kappa shape index (κ2) is 9.68. The molecule has 172 valence electrons. The number of halogens is 3. The second-order valence-electron chi connectivity index (χ2n) is 8.37. The van der Waals surface area contributed by atoms with Crippen LogP contribution in [-0.4, -0.2) is 57.6 Å². The van der Waals surface area contributed by atoms with Crippen LogP contribution in [0.1, 0.15) is 29.5 Å². The summed E-state index contributed by atoms with van der Waals surface area (Å²) >= 11 is 0. The first-order valence-corrected chi connectivity index (χ1v) is 10.4. The highest BCUT2D eigenvalue weighted by molar-refractivity contribution is 5.85. The highest BCUT2D eigenvalue weighted by Crippen LogP contribution is 2.41. The van der Waals surface area contributed by atoms with Gasteiger partial charge in [-0.05, 0) is 43.5 Å². The van der Waals surface area contributed by atoms with E-state index in [9.17, 15) is 18.0 Å². The van der Waals surface area contributed by atoms with Crippen LogP contribution in [0.3, 0.4) is 0 Å². The molecule has 1 N–H and O–H groups in total. The average Bonchev–Trinajstić information content (AvgIpc) is 3.27. The molecule has 1 amide bonds. The first-order valence-electron chi connectivity index (χ1n) is 10.4. The normalized spacial score (nSPS) is 21.0. The van der Waals surface area contributed by atoms with Crippen LogP contribution in [0, 0.1) is 12.3 Å². The predicted octanol–water partition coefficient (Wildman–Crippen LogP) is 3.65. The molecule has 32 heavy (non-hydrogen) atoms. The Balaban J connectivity index is 0.000000360. The number of pyridine rings is 1. The van der Waals surface area contributed by atoms with Gasteiger partial charge in [0.15, 0.2) is 0 Å². The summed E-state index contributed by atoms with van der Waals surface area (Å²) in [5, 5.41) is 7.12. The Morgan fingerprint density at radius 2 is 1.81 bits per heavy atom. The molecule has 2 aliphatic rings. The van der Waals surface area contributed by atoms with Gasteiger partial charge in [-0.1, -0.05) is 35.9 Å². The molecular formula is C23H26F3N3O3. The molecule has 6 nitrogen and oxygen atoms in total. The van der Waals surface area contributed by atoms with Crippen LogP contribution in [0.2, 0.25) is 0 Å². The molecule has 0 radical (unpaired) electrons. The van der Waals surface area contributed by atoms with E-state index < -0.39 is 12.1 Å². The molecule has 1 spiro atoms. The number of amides is 1. The van der Waals surface area contributed by atoms with Crippen LogP contribution in [-0.2, 0) is 22.7 Å². The van der Waals surface area contributed by atoms with Gasteiger partial charge in [0.05, 0.1) is 5.41 Å². The van der Waals surface area contributed by atoms with E-state index in [-0.39, 0.29) is 5.41 Å². The first kappa shape index (κ1) is 23.7. The molecule has 0 bridgehead atoms. The lowest BCUT2D eigenvalue weighted by Crippen LogP contribution is -2.36. The minimum Gasteiger partial charge on any atom is -0.475 e. The molecule has 1 atom stereocenters. The molecule has 2 saturated heterocycles. The quantitative estimate of drug-likeness (QED) is 0.772. The summed E-state index contributed by atoms with van der Waals surface area (Å²) in [6.07, 6.45) is 0.613. The highest BCUT2D eigenvalue weighted by atomic mass is 19.4. The lowest BCUT2D eigenvalue weighted by Gasteiger charge is -2.24. The summed E-state index contributed by atoms with van der Waals surface area (Å²) in [6, 6.07) is 12.6. The van der Waals surface area contributed by atoms with E-state index in [1.54, 1.807) is 6.20 Å². The molecular weight excluding hydrogens is 423 g/mol. The van der Waals surface area contributed by atoms with Crippen molar-refractivity contribution in [3.63, 3.8) is 0 Å². The maximum Gasteiger partial charge on any atom is 0.490 e. The maximum absolute atomic E-state index is 13.1. The highest BCUT2D eigenvalue weighted by Gasteiger charge is 2.50. The maximum atomic E-state index is 13.1. The number of nitrogens with zero attached hydrogens (tertiary/aromatic N) is 3. The smallest absolute Gasteiger partial charge is 0.475 e. The number of benzene rings is 1. The Hall–Kier alpha value is -2.94. The standard InChI is InChI=1S/C21H25N3O.C2HF3O2/c1-17-4-2-5-18(12-17)15-24-11-8-21(20(24)25)7-10-23(16-21)14-19-6-3-9-22-13-19;3-2(4,5)1(6)7/h2-6,9,12-13H,7-8,10-11,14-16H2,1H3;(H,6,7). The zero-order valence-corrected chi connectivity index (χ0v) is 17.8. The van der Waals surface area contributed by atoms with Crippen molar-refractivity contribution >= 4 is 11.9 Å². The van der Waals surface area contributed by atoms with Gasteiger partial charge < -0.3 is 10.0 Å². The van der Waals surface area contributed by atoms with Gasteiger partial charge in [-0.25, -0.2) is 4.79 Å². The SMILES string of the molecule is Cc1cccc(CN2CCC3(CCN(Cc4cccnc4)C3)C2=O)c1.O=C(O)C(F)(F)F. The number of likely N-dealkylation sites (tertiary alicyclic amines) is 2. The van der Waals surface area contributed by atoms with Crippen LogP contribution < -0.4 is 0 Å². The van der Waals surface area contributed by atoms with Crippen molar-refractivity contribution < 1.29 is 27.9 Å². The number of rotatable bonds is 4. The molecule has 0 saturated carbocycles.